The van der Waals surface area contributed by atoms with Crippen LogP contribution in [0.4, 0.5) is 0 Å². The number of piperidine rings is 1. The third kappa shape index (κ3) is 4.43. The number of benzene rings is 1. The van der Waals surface area contributed by atoms with E-state index in [1.807, 2.05) is 12.1 Å². The van der Waals surface area contributed by atoms with Crippen LogP contribution in [0, 0.1) is 17.8 Å². The first-order valence-electron chi connectivity index (χ1n) is 10.3. The highest BCUT2D eigenvalue weighted by molar-refractivity contribution is 5.85. The molecule has 0 spiro atoms. The van der Waals surface area contributed by atoms with Gasteiger partial charge in [-0.3, -0.25) is 4.79 Å². The van der Waals surface area contributed by atoms with Crippen molar-refractivity contribution in [2.24, 2.45) is 17.8 Å². The largest absolute Gasteiger partial charge is 0.497 e. The number of likely N-dealkylation sites (tertiary alicyclic amines) is 1. The van der Waals surface area contributed by atoms with Crippen LogP contribution in [0.15, 0.2) is 24.3 Å². The van der Waals surface area contributed by atoms with Gasteiger partial charge in [-0.1, -0.05) is 25.0 Å². The van der Waals surface area contributed by atoms with E-state index in [0.717, 1.165) is 38.2 Å². The van der Waals surface area contributed by atoms with Crippen LogP contribution in [-0.2, 0) is 11.3 Å². The second kappa shape index (κ2) is 8.83. The lowest BCUT2D eigenvalue weighted by molar-refractivity contribution is -0.137. The normalized spacial score (nSPS) is 28.0. The van der Waals surface area contributed by atoms with E-state index in [0.29, 0.717) is 29.7 Å². The van der Waals surface area contributed by atoms with Crippen LogP contribution < -0.4 is 4.74 Å². The van der Waals surface area contributed by atoms with Gasteiger partial charge in [0.2, 0.25) is 5.91 Å². The Labute approximate surface area is 169 Å². The molecule has 1 aliphatic heterocycles. The molecule has 2 atom stereocenters. The molecule has 27 heavy (non-hydrogen) atoms. The van der Waals surface area contributed by atoms with Gasteiger partial charge in [0.25, 0.3) is 0 Å². The highest BCUT2D eigenvalue weighted by atomic mass is 35.5. The smallest absolute Gasteiger partial charge is 0.226 e. The van der Waals surface area contributed by atoms with E-state index in [4.69, 9.17) is 4.74 Å². The maximum absolute atomic E-state index is 13.5. The number of carbonyl (C=O) groups is 1. The SMILES string of the molecule is COc1ccc(CN(C(=O)C2C3CCCCC32)C2CCN(C)CC2)cc1.Cl. The lowest BCUT2D eigenvalue weighted by Crippen LogP contribution is -2.47. The van der Waals surface area contributed by atoms with E-state index in [2.05, 4.69) is 29.0 Å². The molecule has 3 fully saturated rings. The van der Waals surface area contributed by atoms with Crippen molar-refractivity contribution in [3.63, 3.8) is 0 Å². The Bertz CT molecular complexity index is 616. The number of carbonyl (C=O) groups excluding carboxylic acids is 1. The summed E-state index contributed by atoms with van der Waals surface area (Å²) >= 11 is 0. The molecular weight excluding hydrogens is 360 g/mol. The summed E-state index contributed by atoms with van der Waals surface area (Å²) in [6.45, 7) is 2.93. The zero-order valence-electron chi connectivity index (χ0n) is 16.6. The van der Waals surface area contributed by atoms with E-state index in [-0.39, 0.29) is 12.4 Å². The monoisotopic (exact) mass is 392 g/mol. The number of amides is 1. The zero-order chi connectivity index (χ0) is 18.1. The van der Waals surface area contributed by atoms with Gasteiger partial charge in [-0.2, -0.15) is 0 Å². The number of fused-ring (bicyclic) bond motifs is 1. The third-order valence-corrected chi connectivity index (χ3v) is 6.87. The Morgan fingerprint density at radius 1 is 1.07 bits per heavy atom. The number of halogens is 1. The van der Waals surface area contributed by atoms with Gasteiger partial charge < -0.3 is 14.5 Å². The number of hydrogen-bond donors (Lipinski definition) is 0. The summed E-state index contributed by atoms with van der Waals surface area (Å²) in [4.78, 5) is 18.1. The number of ether oxygens (including phenoxy) is 1. The molecule has 4 nitrogen and oxygen atoms in total. The molecule has 0 N–H and O–H groups in total. The van der Waals surface area contributed by atoms with Crippen LogP contribution in [0.1, 0.15) is 44.1 Å². The van der Waals surface area contributed by atoms with Gasteiger partial charge in [-0.05, 0) is 75.4 Å². The predicted octanol–water partition coefficient (Wildman–Crippen LogP) is 3.98. The number of rotatable bonds is 5. The van der Waals surface area contributed by atoms with E-state index < -0.39 is 0 Å². The molecule has 150 valence electrons. The summed E-state index contributed by atoms with van der Waals surface area (Å²) in [7, 11) is 3.87. The van der Waals surface area contributed by atoms with Gasteiger partial charge >= 0.3 is 0 Å². The molecule has 3 aliphatic rings. The fraction of sp³-hybridized carbons (Fsp3) is 0.682. The van der Waals surface area contributed by atoms with Gasteiger partial charge in [0.15, 0.2) is 0 Å². The quantitative estimate of drug-likeness (QED) is 0.759. The molecule has 1 amide bonds. The fourth-order valence-corrected chi connectivity index (χ4v) is 5.17. The molecule has 1 heterocycles. The topological polar surface area (TPSA) is 32.8 Å². The second-order valence-corrected chi connectivity index (χ2v) is 8.49. The van der Waals surface area contributed by atoms with E-state index in [1.54, 1.807) is 7.11 Å². The molecule has 1 aromatic rings. The Morgan fingerprint density at radius 2 is 1.67 bits per heavy atom. The van der Waals surface area contributed by atoms with Crippen molar-refractivity contribution >= 4 is 18.3 Å². The lowest BCUT2D eigenvalue weighted by atomic mass is 10.0. The predicted molar refractivity (Wildman–Crippen MR) is 110 cm³/mol. The molecule has 0 radical (unpaired) electrons. The molecule has 0 aromatic heterocycles. The molecule has 2 unspecified atom stereocenters. The number of nitrogens with zero attached hydrogens (tertiary/aromatic N) is 2. The van der Waals surface area contributed by atoms with Crippen LogP contribution in [0.5, 0.6) is 5.75 Å². The summed E-state index contributed by atoms with van der Waals surface area (Å²) in [5, 5.41) is 0. The first kappa shape index (κ1) is 20.5. The van der Waals surface area contributed by atoms with Gasteiger partial charge in [-0.15, -0.1) is 12.4 Å². The maximum Gasteiger partial charge on any atom is 0.226 e. The Hall–Kier alpha value is -1.26. The van der Waals surface area contributed by atoms with Crippen molar-refractivity contribution in [2.75, 3.05) is 27.2 Å². The standard InChI is InChI=1S/C22H32N2O2.ClH/c1-23-13-11-17(12-14-23)24(15-16-7-9-18(26-2)10-8-16)22(25)21-19-5-3-4-6-20(19)21;/h7-10,17,19-21H,3-6,11-15H2,1-2H3;1H. The van der Waals surface area contributed by atoms with E-state index >= 15 is 0 Å². The van der Waals surface area contributed by atoms with Gasteiger partial charge in [-0.25, -0.2) is 0 Å². The van der Waals surface area contributed by atoms with Gasteiger partial charge in [0, 0.05) is 18.5 Å². The van der Waals surface area contributed by atoms with Crippen LogP contribution >= 0.6 is 12.4 Å². The first-order valence-corrected chi connectivity index (χ1v) is 10.3. The molecule has 2 saturated carbocycles. The Kier molecular flexibility index (Phi) is 6.69. The molecule has 1 saturated heterocycles. The second-order valence-electron chi connectivity index (χ2n) is 8.49. The van der Waals surface area contributed by atoms with E-state index in [1.165, 1.54) is 31.2 Å². The third-order valence-electron chi connectivity index (χ3n) is 6.87. The maximum atomic E-state index is 13.5. The van der Waals surface area contributed by atoms with Gasteiger partial charge in [0.1, 0.15) is 5.75 Å². The molecular formula is C22H33ClN2O2. The minimum absolute atomic E-state index is 0. The minimum atomic E-state index is 0. The summed E-state index contributed by atoms with van der Waals surface area (Å²) in [5.74, 6) is 2.99. The first-order chi connectivity index (χ1) is 12.7. The van der Waals surface area contributed by atoms with Crippen molar-refractivity contribution < 1.29 is 9.53 Å². The zero-order valence-corrected chi connectivity index (χ0v) is 17.4. The van der Waals surface area contributed by atoms with Crippen molar-refractivity contribution in [2.45, 2.75) is 51.1 Å². The van der Waals surface area contributed by atoms with Crippen LogP contribution in [-0.4, -0.2) is 49.0 Å². The Balaban J connectivity index is 0.00000210. The van der Waals surface area contributed by atoms with Crippen LogP contribution in [0.3, 0.4) is 0 Å². The Morgan fingerprint density at radius 3 is 2.22 bits per heavy atom. The van der Waals surface area contributed by atoms with Crippen LogP contribution in [0.2, 0.25) is 0 Å². The van der Waals surface area contributed by atoms with Crippen molar-refractivity contribution in [3.05, 3.63) is 29.8 Å². The number of methoxy groups -OCH3 is 1. The van der Waals surface area contributed by atoms with E-state index in [9.17, 15) is 4.79 Å². The molecule has 5 heteroatoms. The molecule has 0 bridgehead atoms. The average Bonchev–Trinajstić information content (AvgIpc) is 3.41. The summed E-state index contributed by atoms with van der Waals surface area (Å²) < 4.78 is 5.28. The van der Waals surface area contributed by atoms with Crippen molar-refractivity contribution in [1.29, 1.82) is 0 Å². The highest BCUT2D eigenvalue weighted by Gasteiger charge is 2.56. The average molecular weight is 393 g/mol. The summed E-state index contributed by atoms with van der Waals surface area (Å²) in [5.41, 5.74) is 1.21. The summed E-state index contributed by atoms with van der Waals surface area (Å²) in [6, 6.07) is 8.61. The summed E-state index contributed by atoms with van der Waals surface area (Å²) in [6.07, 6.45) is 7.37. The number of hydrogen-bond acceptors (Lipinski definition) is 3. The minimum Gasteiger partial charge on any atom is -0.497 e. The van der Waals surface area contributed by atoms with Gasteiger partial charge in [0.05, 0.1) is 7.11 Å². The van der Waals surface area contributed by atoms with Crippen molar-refractivity contribution in [1.82, 2.24) is 9.80 Å². The fourth-order valence-electron chi connectivity index (χ4n) is 5.17. The highest BCUT2D eigenvalue weighted by Crippen LogP contribution is 2.56. The van der Waals surface area contributed by atoms with Crippen molar-refractivity contribution in [3.8, 4) is 5.75 Å². The molecule has 4 rings (SSSR count). The lowest BCUT2D eigenvalue weighted by Gasteiger charge is -2.38. The molecule has 2 aliphatic carbocycles. The molecule has 1 aromatic carbocycles. The van der Waals surface area contributed by atoms with Crippen LogP contribution in [0.25, 0.3) is 0 Å².